The minimum atomic E-state index is -0.0900. The molecule has 0 aromatic carbocycles. The first-order chi connectivity index (χ1) is 4.33. The van der Waals surface area contributed by atoms with Gasteiger partial charge in [0.05, 0.1) is 19.8 Å². The van der Waals surface area contributed by atoms with Gasteiger partial charge in [-0.25, -0.2) is 0 Å². The van der Waals surface area contributed by atoms with E-state index in [9.17, 15) is 0 Å². The Bertz CT molecular complexity index is 76.4. The van der Waals surface area contributed by atoms with Gasteiger partial charge >= 0.3 is 0 Å². The zero-order valence-corrected chi connectivity index (χ0v) is 5.54. The van der Waals surface area contributed by atoms with Crippen molar-refractivity contribution < 1.29 is 14.6 Å². The lowest BCUT2D eigenvalue weighted by atomic mass is 10.2. The summed E-state index contributed by atoms with van der Waals surface area (Å²) in [4.78, 5) is 0. The highest BCUT2D eigenvalue weighted by atomic mass is 16.7. The Morgan fingerprint density at radius 2 is 2.00 bits per heavy atom. The maximum Gasteiger partial charge on any atom is 0.154 e. The van der Waals surface area contributed by atoms with Crippen molar-refractivity contribution in [1.82, 2.24) is 0 Å². The summed E-state index contributed by atoms with van der Waals surface area (Å²) in [7, 11) is 0. The lowest BCUT2D eigenvalue weighted by Crippen LogP contribution is -2.31. The number of hydrogen-bond donors (Lipinski definition) is 1. The molecule has 3 nitrogen and oxygen atoms in total. The van der Waals surface area contributed by atoms with Gasteiger partial charge in [-0.05, 0) is 6.92 Å². The molecule has 1 aliphatic heterocycles. The Hall–Kier alpha value is -0.120. The van der Waals surface area contributed by atoms with Crippen molar-refractivity contribution in [3.63, 3.8) is 0 Å². The van der Waals surface area contributed by atoms with Gasteiger partial charge in [0.15, 0.2) is 6.29 Å². The predicted octanol–water partition coefficient (Wildman–Crippen LogP) is -0.0123. The first-order valence-corrected chi connectivity index (χ1v) is 3.17. The van der Waals surface area contributed by atoms with Gasteiger partial charge in [0.1, 0.15) is 0 Å². The molecule has 3 heteroatoms. The second kappa shape index (κ2) is 3.15. The molecule has 9 heavy (non-hydrogen) atoms. The average molecular weight is 132 g/mol. The van der Waals surface area contributed by atoms with Crippen molar-refractivity contribution in [2.75, 3.05) is 19.8 Å². The Morgan fingerprint density at radius 3 is 2.44 bits per heavy atom. The van der Waals surface area contributed by atoms with Crippen LogP contribution in [0.25, 0.3) is 0 Å². The second-order valence-corrected chi connectivity index (χ2v) is 2.28. The van der Waals surface area contributed by atoms with Crippen LogP contribution in [-0.2, 0) is 9.47 Å². The van der Waals surface area contributed by atoms with E-state index in [1.165, 1.54) is 0 Å². The fourth-order valence-electron chi connectivity index (χ4n) is 0.745. The van der Waals surface area contributed by atoms with Crippen molar-refractivity contribution in [2.24, 2.45) is 5.92 Å². The lowest BCUT2D eigenvalue weighted by Gasteiger charge is -2.25. The molecule has 54 valence electrons. The number of aliphatic hydroxyl groups excluding tert-OH is 1. The Labute approximate surface area is 54.6 Å². The molecule has 0 atom stereocenters. The molecular weight excluding hydrogens is 120 g/mol. The molecule has 1 aliphatic rings. The van der Waals surface area contributed by atoms with Gasteiger partial charge in [0.25, 0.3) is 0 Å². The summed E-state index contributed by atoms with van der Waals surface area (Å²) < 4.78 is 10.2. The van der Waals surface area contributed by atoms with Gasteiger partial charge in [-0.3, -0.25) is 0 Å². The first kappa shape index (κ1) is 6.99. The predicted molar refractivity (Wildman–Crippen MR) is 31.9 cm³/mol. The van der Waals surface area contributed by atoms with Crippen LogP contribution >= 0.6 is 0 Å². The maximum absolute atomic E-state index is 8.62. The summed E-state index contributed by atoms with van der Waals surface area (Å²) in [6, 6.07) is 0. The fraction of sp³-hybridized carbons (Fsp3) is 1.00. The molecule has 0 bridgehead atoms. The van der Waals surface area contributed by atoms with Crippen LogP contribution in [-0.4, -0.2) is 31.2 Å². The SMILES string of the molecule is CC1OCC(CO)CO1. The minimum Gasteiger partial charge on any atom is -0.396 e. The summed E-state index contributed by atoms with van der Waals surface area (Å²) in [5.74, 6) is 0.182. The van der Waals surface area contributed by atoms with Crippen LogP contribution in [0.5, 0.6) is 0 Å². The molecule has 0 amide bonds. The minimum absolute atomic E-state index is 0.0900. The number of hydrogen-bond acceptors (Lipinski definition) is 3. The van der Waals surface area contributed by atoms with E-state index in [0.717, 1.165) is 0 Å². The molecule has 1 fully saturated rings. The van der Waals surface area contributed by atoms with E-state index in [2.05, 4.69) is 0 Å². The molecule has 1 rings (SSSR count). The highest BCUT2D eigenvalue weighted by Gasteiger charge is 2.17. The summed E-state index contributed by atoms with van der Waals surface area (Å²) in [6.45, 7) is 3.26. The molecule has 0 aliphatic carbocycles. The molecule has 0 unspecified atom stereocenters. The van der Waals surface area contributed by atoms with Crippen molar-refractivity contribution in [3.8, 4) is 0 Å². The summed E-state index contributed by atoms with van der Waals surface area (Å²) in [6.07, 6.45) is -0.0900. The molecule has 0 aromatic rings. The van der Waals surface area contributed by atoms with Crippen LogP contribution in [0.4, 0.5) is 0 Å². The second-order valence-electron chi connectivity index (χ2n) is 2.28. The van der Waals surface area contributed by atoms with Crippen LogP contribution in [0.3, 0.4) is 0 Å². The number of rotatable bonds is 1. The van der Waals surface area contributed by atoms with Crippen LogP contribution in [0.15, 0.2) is 0 Å². The van der Waals surface area contributed by atoms with E-state index >= 15 is 0 Å². The standard InChI is InChI=1S/C6H12O3/c1-5-8-3-6(2-7)4-9-5/h5-7H,2-4H2,1H3. The van der Waals surface area contributed by atoms with E-state index in [-0.39, 0.29) is 18.8 Å². The van der Waals surface area contributed by atoms with Gasteiger partial charge < -0.3 is 14.6 Å². The van der Waals surface area contributed by atoms with Crippen molar-refractivity contribution >= 4 is 0 Å². The third kappa shape index (κ3) is 1.93. The zero-order valence-electron chi connectivity index (χ0n) is 5.54. The van der Waals surface area contributed by atoms with E-state index in [0.29, 0.717) is 13.2 Å². The van der Waals surface area contributed by atoms with Crippen molar-refractivity contribution in [2.45, 2.75) is 13.2 Å². The fourth-order valence-corrected chi connectivity index (χ4v) is 0.745. The van der Waals surface area contributed by atoms with Crippen LogP contribution in [0.1, 0.15) is 6.92 Å². The highest BCUT2D eigenvalue weighted by Crippen LogP contribution is 2.08. The van der Waals surface area contributed by atoms with Crippen LogP contribution < -0.4 is 0 Å². The monoisotopic (exact) mass is 132 g/mol. The first-order valence-electron chi connectivity index (χ1n) is 3.17. The normalized spacial score (nSPS) is 36.7. The van der Waals surface area contributed by atoms with Crippen molar-refractivity contribution in [3.05, 3.63) is 0 Å². The molecule has 1 saturated heterocycles. The Kier molecular flexibility index (Phi) is 2.45. The quantitative estimate of drug-likeness (QED) is 0.545. The number of aliphatic hydroxyl groups is 1. The van der Waals surface area contributed by atoms with Gasteiger partial charge in [0.2, 0.25) is 0 Å². The van der Waals surface area contributed by atoms with Gasteiger partial charge in [-0.2, -0.15) is 0 Å². The topological polar surface area (TPSA) is 38.7 Å². The Morgan fingerprint density at radius 1 is 1.44 bits per heavy atom. The van der Waals surface area contributed by atoms with Gasteiger partial charge in [0, 0.05) is 5.92 Å². The molecule has 0 radical (unpaired) electrons. The van der Waals surface area contributed by atoms with Gasteiger partial charge in [-0.15, -0.1) is 0 Å². The molecule has 0 saturated carbocycles. The smallest absolute Gasteiger partial charge is 0.154 e. The maximum atomic E-state index is 8.62. The molecule has 1 heterocycles. The summed E-state index contributed by atoms with van der Waals surface area (Å²) in [5, 5.41) is 8.62. The third-order valence-corrected chi connectivity index (χ3v) is 1.39. The van der Waals surface area contributed by atoms with E-state index in [1.54, 1.807) is 0 Å². The molecule has 0 spiro atoms. The number of ether oxygens (including phenoxy) is 2. The largest absolute Gasteiger partial charge is 0.396 e. The molecule has 0 aromatic heterocycles. The van der Waals surface area contributed by atoms with E-state index in [1.807, 2.05) is 6.92 Å². The van der Waals surface area contributed by atoms with Gasteiger partial charge in [-0.1, -0.05) is 0 Å². The van der Waals surface area contributed by atoms with E-state index < -0.39 is 0 Å². The van der Waals surface area contributed by atoms with Crippen molar-refractivity contribution in [1.29, 1.82) is 0 Å². The molecular formula is C6H12O3. The summed E-state index contributed by atoms with van der Waals surface area (Å²) in [5.41, 5.74) is 0. The van der Waals surface area contributed by atoms with Crippen LogP contribution in [0, 0.1) is 5.92 Å². The highest BCUT2D eigenvalue weighted by molar-refractivity contribution is 4.58. The van der Waals surface area contributed by atoms with Crippen LogP contribution in [0.2, 0.25) is 0 Å². The average Bonchev–Trinajstić information content (AvgIpc) is 1.90. The Balaban J connectivity index is 2.18. The lowest BCUT2D eigenvalue weighted by molar-refractivity contribution is -0.195. The zero-order chi connectivity index (χ0) is 6.69. The summed E-state index contributed by atoms with van der Waals surface area (Å²) >= 11 is 0. The molecule has 1 N–H and O–H groups in total. The van der Waals surface area contributed by atoms with E-state index in [4.69, 9.17) is 14.6 Å². The third-order valence-electron chi connectivity index (χ3n) is 1.39.